The number of carbonyl (C=O) groups excluding carboxylic acids is 1. The summed E-state index contributed by atoms with van der Waals surface area (Å²) in [7, 11) is 0. The van der Waals surface area contributed by atoms with Crippen molar-refractivity contribution in [2.75, 3.05) is 12.4 Å². The lowest BCUT2D eigenvalue weighted by Gasteiger charge is -2.29. The second-order valence-corrected chi connectivity index (χ2v) is 7.13. The summed E-state index contributed by atoms with van der Waals surface area (Å²) in [6, 6.07) is 3.40. The number of carbonyl (C=O) groups is 1. The number of nitrogens with zero attached hydrogens (tertiary/aromatic N) is 3. The molecule has 0 aliphatic carbocycles. The zero-order valence-electron chi connectivity index (χ0n) is 12.6. The molecule has 8 heteroatoms. The van der Waals surface area contributed by atoms with Crippen LogP contribution in [0.1, 0.15) is 24.1 Å². The van der Waals surface area contributed by atoms with Crippen LogP contribution in [0.3, 0.4) is 0 Å². The van der Waals surface area contributed by atoms with Gasteiger partial charge in [0.1, 0.15) is 10.8 Å². The highest BCUT2D eigenvalue weighted by Gasteiger charge is 2.23. The van der Waals surface area contributed by atoms with E-state index in [-0.39, 0.29) is 24.3 Å². The number of hydrogen-bond acceptors (Lipinski definition) is 7. The number of amides is 1. The van der Waals surface area contributed by atoms with Crippen LogP contribution in [0.2, 0.25) is 0 Å². The van der Waals surface area contributed by atoms with E-state index >= 15 is 0 Å². The number of rotatable bonds is 8. The first-order chi connectivity index (χ1) is 10.6. The first kappa shape index (κ1) is 17.0. The number of furan rings is 1. The van der Waals surface area contributed by atoms with Crippen molar-refractivity contribution >= 4 is 29.0 Å². The van der Waals surface area contributed by atoms with Crippen molar-refractivity contribution in [3.8, 4) is 0 Å². The summed E-state index contributed by atoms with van der Waals surface area (Å²) >= 11 is 2.84. The van der Waals surface area contributed by atoms with Crippen LogP contribution in [0.25, 0.3) is 0 Å². The maximum Gasteiger partial charge on any atom is 0.233 e. The SMILES string of the molecule is CC[C@@H](CO)N(Cc1ccco1)C(=O)CSc1nnc(C)s1. The first-order valence-corrected chi connectivity index (χ1v) is 8.79. The van der Waals surface area contributed by atoms with Crippen molar-refractivity contribution in [3.63, 3.8) is 0 Å². The van der Waals surface area contributed by atoms with Gasteiger partial charge in [0.25, 0.3) is 0 Å². The monoisotopic (exact) mass is 341 g/mol. The molecule has 2 heterocycles. The van der Waals surface area contributed by atoms with Crippen molar-refractivity contribution in [3.05, 3.63) is 29.2 Å². The lowest BCUT2D eigenvalue weighted by atomic mass is 10.2. The van der Waals surface area contributed by atoms with E-state index in [1.54, 1.807) is 17.2 Å². The molecule has 0 unspecified atom stereocenters. The van der Waals surface area contributed by atoms with Crippen molar-refractivity contribution in [1.29, 1.82) is 0 Å². The second-order valence-electron chi connectivity index (χ2n) is 4.72. The van der Waals surface area contributed by atoms with Gasteiger partial charge >= 0.3 is 0 Å². The fourth-order valence-electron chi connectivity index (χ4n) is 1.98. The van der Waals surface area contributed by atoms with Crippen LogP contribution >= 0.6 is 23.1 Å². The van der Waals surface area contributed by atoms with E-state index in [4.69, 9.17) is 4.42 Å². The average Bonchev–Trinajstić information content (AvgIpc) is 3.16. The summed E-state index contributed by atoms with van der Waals surface area (Å²) in [5, 5.41) is 18.3. The number of hydrogen-bond donors (Lipinski definition) is 1. The molecule has 2 aromatic rings. The molecule has 120 valence electrons. The first-order valence-electron chi connectivity index (χ1n) is 6.99. The predicted octanol–water partition coefficient (Wildman–Crippen LogP) is 2.33. The molecule has 0 saturated carbocycles. The molecule has 1 amide bonds. The third kappa shape index (κ3) is 4.56. The standard InChI is InChI=1S/C14H19N3O3S2/c1-3-11(8-18)17(7-12-5-4-6-20-12)13(19)9-21-14-16-15-10(2)22-14/h4-6,11,18H,3,7-9H2,1-2H3/t11-/m0/s1. The van der Waals surface area contributed by atoms with E-state index in [1.165, 1.54) is 23.1 Å². The molecule has 2 rings (SSSR count). The van der Waals surface area contributed by atoms with Crippen molar-refractivity contribution in [1.82, 2.24) is 15.1 Å². The Morgan fingerprint density at radius 2 is 2.36 bits per heavy atom. The topological polar surface area (TPSA) is 79.5 Å². The van der Waals surface area contributed by atoms with E-state index in [0.29, 0.717) is 18.7 Å². The van der Waals surface area contributed by atoms with Crippen molar-refractivity contribution in [2.24, 2.45) is 0 Å². The van der Waals surface area contributed by atoms with Gasteiger partial charge in [-0.15, -0.1) is 10.2 Å². The maximum atomic E-state index is 12.5. The van der Waals surface area contributed by atoms with Crippen LogP contribution in [0.15, 0.2) is 27.2 Å². The highest BCUT2D eigenvalue weighted by Crippen LogP contribution is 2.23. The zero-order valence-corrected chi connectivity index (χ0v) is 14.2. The van der Waals surface area contributed by atoms with Crippen LogP contribution in [0.4, 0.5) is 0 Å². The van der Waals surface area contributed by atoms with Crippen LogP contribution in [0, 0.1) is 6.92 Å². The molecule has 6 nitrogen and oxygen atoms in total. The lowest BCUT2D eigenvalue weighted by molar-refractivity contribution is -0.132. The highest BCUT2D eigenvalue weighted by molar-refractivity contribution is 8.01. The van der Waals surface area contributed by atoms with Gasteiger partial charge in [0.15, 0.2) is 4.34 Å². The van der Waals surface area contributed by atoms with Gasteiger partial charge in [-0.05, 0) is 25.5 Å². The molecule has 0 aromatic carbocycles. The molecule has 1 N–H and O–H groups in total. The molecule has 0 bridgehead atoms. The molecule has 0 fully saturated rings. The van der Waals surface area contributed by atoms with E-state index < -0.39 is 0 Å². The Morgan fingerprint density at radius 1 is 1.55 bits per heavy atom. The maximum absolute atomic E-state index is 12.5. The van der Waals surface area contributed by atoms with Crippen molar-refractivity contribution < 1.29 is 14.3 Å². The molecule has 2 aromatic heterocycles. The average molecular weight is 341 g/mol. The van der Waals surface area contributed by atoms with Crippen molar-refractivity contribution in [2.45, 2.75) is 37.2 Å². The Balaban J connectivity index is 2.01. The second kappa shape index (κ2) is 8.30. The number of thioether (sulfide) groups is 1. The zero-order chi connectivity index (χ0) is 15.9. The van der Waals surface area contributed by atoms with Crippen LogP contribution in [0.5, 0.6) is 0 Å². The van der Waals surface area contributed by atoms with Gasteiger partial charge in [0.2, 0.25) is 5.91 Å². The largest absolute Gasteiger partial charge is 0.467 e. The molecule has 1 atom stereocenters. The summed E-state index contributed by atoms with van der Waals surface area (Å²) in [5.74, 6) is 0.929. The van der Waals surface area contributed by atoms with E-state index in [0.717, 1.165) is 9.35 Å². The normalized spacial score (nSPS) is 12.3. The summed E-state index contributed by atoms with van der Waals surface area (Å²) in [5.41, 5.74) is 0. The molecule has 22 heavy (non-hydrogen) atoms. The number of aliphatic hydroxyl groups is 1. The van der Waals surface area contributed by atoms with Crippen LogP contribution in [-0.2, 0) is 11.3 Å². The Morgan fingerprint density at radius 3 is 2.91 bits per heavy atom. The minimum atomic E-state index is -0.214. The van der Waals surface area contributed by atoms with Gasteiger partial charge in [0.05, 0.1) is 31.2 Å². The smallest absolute Gasteiger partial charge is 0.233 e. The third-order valence-electron chi connectivity index (χ3n) is 3.18. The Labute approximate surface area is 137 Å². The summed E-state index contributed by atoms with van der Waals surface area (Å²) in [6.07, 6.45) is 2.27. The van der Waals surface area contributed by atoms with E-state index in [9.17, 15) is 9.90 Å². The molecular weight excluding hydrogens is 322 g/mol. The van der Waals surface area contributed by atoms with Crippen LogP contribution in [-0.4, -0.2) is 44.5 Å². The molecule has 0 aliphatic rings. The Kier molecular flexibility index (Phi) is 6.41. The minimum Gasteiger partial charge on any atom is -0.467 e. The van der Waals surface area contributed by atoms with E-state index in [1.807, 2.05) is 19.9 Å². The Bertz CT molecular complexity index is 582. The van der Waals surface area contributed by atoms with Gasteiger partial charge in [0, 0.05) is 0 Å². The summed E-state index contributed by atoms with van der Waals surface area (Å²) in [4.78, 5) is 14.2. The summed E-state index contributed by atoms with van der Waals surface area (Å²) in [6.45, 7) is 4.13. The quantitative estimate of drug-likeness (QED) is 0.742. The van der Waals surface area contributed by atoms with Gasteiger partial charge < -0.3 is 14.4 Å². The third-order valence-corrected chi connectivity index (χ3v) is 5.13. The highest BCUT2D eigenvalue weighted by atomic mass is 32.2. The molecule has 0 spiro atoms. The fourth-order valence-corrected chi connectivity index (χ4v) is 3.68. The predicted molar refractivity (Wildman–Crippen MR) is 85.8 cm³/mol. The molecular formula is C14H19N3O3S2. The van der Waals surface area contributed by atoms with Crippen LogP contribution < -0.4 is 0 Å². The van der Waals surface area contributed by atoms with E-state index in [2.05, 4.69) is 10.2 Å². The molecule has 0 saturated heterocycles. The number of aliphatic hydroxyl groups excluding tert-OH is 1. The van der Waals surface area contributed by atoms with Gasteiger partial charge in [-0.3, -0.25) is 4.79 Å². The van der Waals surface area contributed by atoms with Gasteiger partial charge in [-0.1, -0.05) is 30.0 Å². The molecule has 0 aliphatic heterocycles. The number of aromatic nitrogens is 2. The fraction of sp³-hybridized carbons (Fsp3) is 0.500. The van der Waals surface area contributed by atoms with Gasteiger partial charge in [-0.25, -0.2) is 0 Å². The number of aryl methyl sites for hydroxylation is 1. The molecule has 0 radical (unpaired) electrons. The lowest BCUT2D eigenvalue weighted by Crippen LogP contribution is -2.42. The Hall–Kier alpha value is -1.38. The minimum absolute atomic E-state index is 0.0462. The summed E-state index contributed by atoms with van der Waals surface area (Å²) < 4.78 is 6.10. The van der Waals surface area contributed by atoms with Gasteiger partial charge in [-0.2, -0.15) is 0 Å².